The molecule has 0 heterocycles. The molecule has 0 atom stereocenters. The number of rotatable bonds is 2. The number of ether oxygens (including phenoxy) is 1. The normalized spacial score (nSPS) is 11.3. The van der Waals surface area contributed by atoms with E-state index in [2.05, 4.69) is 0 Å². The molecule has 0 saturated carbocycles. The van der Waals surface area contributed by atoms with Gasteiger partial charge in [0.2, 0.25) is 5.82 Å². The second kappa shape index (κ2) is 4.21. The van der Waals surface area contributed by atoms with E-state index >= 15 is 0 Å². The SMILES string of the molecule is CBc1cc(F)c(F)c(OC(C)(C)C)c1. The van der Waals surface area contributed by atoms with Crippen LogP contribution in [0.25, 0.3) is 0 Å². The number of hydrogen-bond acceptors (Lipinski definition) is 1. The van der Waals surface area contributed by atoms with Gasteiger partial charge >= 0.3 is 0 Å². The Hall–Kier alpha value is -1.06. The minimum atomic E-state index is -0.915. The fraction of sp³-hybridized carbons (Fsp3) is 0.455. The zero-order valence-electron chi connectivity index (χ0n) is 9.53. The third-order valence-electron chi connectivity index (χ3n) is 1.88. The van der Waals surface area contributed by atoms with Gasteiger partial charge < -0.3 is 4.74 Å². The van der Waals surface area contributed by atoms with E-state index in [1.807, 2.05) is 6.82 Å². The molecule has 0 bridgehead atoms. The van der Waals surface area contributed by atoms with Crippen molar-refractivity contribution in [1.29, 1.82) is 0 Å². The van der Waals surface area contributed by atoms with Crippen molar-refractivity contribution in [2.45, 2.75) is 33.2 Å². The maximum Gasteiger partial charge on any atom is 0.200 e. The smallest absolute Gasteiger partial charge is 0.200 e. The van der Waals surface area contributed by atoms with Crippen LogP contribution < -0.4 is 10.2 Å². The molecule has 0 radical (unpaired) electrons. The van der Waals surface area contributed by atoms with Crippen LogP contribution in [0.15, 0.2) is 12.1 Å². The summed E-state index contributed by atoms with van der Waals surface area (Å²) in [5.74, 6) is -1.78. The van der Waals surface area contributed by atoms with E-state index in [4.69, 9.17) is 4.74 Å². The lowest BCUT2D eigenvalue weighted by atomic mass is 9.73. The lowest BCUT2D eigenvalue weighted by Gasteiger charge is -2.22. The van der Waals surface area contributed by atoms with Crippen molar-refractivity contribution < 1.29 is 13.5 Å². The summed E-state index contributed by atoms with van der Waals surface area (Å²) >= 11 is 0. The van der Waals surface area contributed by atoms with E-state index in [1.54, 1.807) is 26.8 Å². The molecule has 0 aliphatic carbocycles. The van der Waals surface area contributed by atoms with Crippen LogP contribution in [-0.2, 0) is 0 Å². The number of hydrogen-bond donors (Lipinski definition) is 0. The van der Waals surface area contributed by atoms with Crippen molar-refractivity contribution >= 4 is 12.7 Å². The molecule has 1 aromatic rings. The fourth-order valence-electron chi connectivity index (χ4n) is 1.23. The molecule has 0 aromatic heterocycles. The van der Waals surface area contributed by atoms with Gasteiger partial charge in [0, 0.05) is 0 Å². The molecule has 1 rings (SSSR count). The molecule has 0 spiro atoms. The minimum Gasteiger partial charge on any atom is -0.485 e. The summed E-state index contributed by atoms with van der Waals surface area (Å²) in [6.07, 6.45) is 0. The van der Waals surface area contributed by atoms with Crippen LogP contribution in [-0.4, -0.2) is 12.9 Å². The molecule has 15 heavy (non-hydrogen) atoms. The predicted octanol–water partition coefficient (Wildman–Crippen LogP) is 2.25. The first-order chi connectivity index (χ1) is 6.83. The average Bonchev–Trinajstić information content (AvgIpc) is 2.10. The third kappa shape index (κ3) is 3.22. The topological polar surface area (TPSA) is 9.23 Å². The highest BCUT2D eigenvalue weighted by atomic mass is 19.2. The molecular weight excluding hydrogens is 197 g/mol. The van der Waals surface area contributed by atoms with Crippen LogP contribution in [0.3, 0.4) is 0 Å². The van der Waals surface area contributed by atoms with Gasteiger partial charge in [-0.05, 0) is 32.9 Å². The molecule has 0 amide bonds. The van der Waals surface area contributed by atoms with Crippen LogP contribution in [0.4, 0.5) is 8.78 Å². The maximum absolute atomic E-state index is 13.3. The summed E-state index contributed by atoms with van der Waals surface area (Å²) in [6, 6.07) is 2.74. The lowest BCUT2D eigenvalue weighted by molar-refractivity contribution is 0.123. The van der Waals surface area contributed by atoms with Crippen molar-refractivity contribution in [2.75, 3.05) is 0 Å². The van der Waals surface area contributed by atoms with Crippen molar-refractivity contribution in [3.63, 3.8) is 0 Å². The Morgan fingerprint density at radius 2 is 1.80 bits per heavy atom. The Kier molecular flexibility index (Phi) is 3.37. The van der Waals surface area contributed by atoms with Gasteiger partial charge in [-0.1, -0.05) is 12.3 Å². The predicted molar refractivity (Wildman–Crippen MR) is 59.4 cm³/mol. The van der Waals surface area contributed by atoms with E-state index in [-0.39, 0.29) is 5.75 Å². The molecule has 0 aliphatic heterocycles. The second-order valence-electron chi connectivity index (χ2n) is 4.46. The summed E-state index contributed by atoms with van der Waals surface area (Å²) in [7, 11) is 0.650. The molecule has 82 valence electrons. The van der Waals surface area contributed by atoms with E-state index in [1.165, 1.54) is 6.07 Å². The van der Waals surface area contributed by atoms with E-state index < -0.39 is 17.2 Å². The van der Waals surface area contributed by atoms with Gasteiger partial charge in [-0.2, -0.15) is 4.39 Å². The molecule has 4 heteroatoms. The minimum absolute atomic E-state index is 0.0145. The first-order valence-corrected chi connectivity index (χ1v) is 5.00. The number of benzene rings is 1. The Labute approximate surface area is 89.7 Å². The Morgan fingerprint density at radius 3 is 2.27 bits per heavy atom. The Bertz CT molecular complexity index is 358. The highest BCUT2D eigenvalue weighted by Crippen LogP contribution is 2.22. The van der Waals surface area contributed by atoms with Crippen LogP contribution in [0, 0.1) is 11.6 Å². The second-order valence-corrected chi connectivity index (χ2v) is 4.46. The van der Waals surface area contributed by atoms with Crippen molar-refractivity contribution in [2.24, 2.45) is 0 Å². The standard InChI is InChI=1S/C11H15BF2O/c1-11(2,3)15-9-6-7(12-4)5-8(13)10(9)14/h5-6,12H,1-4H3. The fourth-order valence-corrected chi connectivity index (χ4v) is 1.23. The van der Waals surface area contributed by atoms with Gasteiger partial charge in [-0.3, -0.25) is 0 Å². The molecule has 1 nitrogen and oxygen atoms in total. The van der Waals surface area contributed by atoms with Gasteiger partial charge in [0.05, 0.1) is 0 Å². The quantitative estimate of drug-likeness (QED) is 0.683. The van der Waals surface area contributed by atoms with Gasteiger partial charge in [-0.15, -0.1) is 0 Å². The average molecular weight is 212 g/mol. The first-order valence-electron chi connectivity index (χ1n) is 5.00. The molecule has 1 aromatic carbocycles. The summed E-state index contributed by atoms with van der Waals surface area (Å²) < 4.78 is 31.8. The summed E-state index contributed by atoms with van der Waals surface area (Å²) in [4.78, 5) is 0. The van der Waals surface area contributed by atoms with Gasteiger partial charge in [-0.25, -0.2) is 4.39 Å². The molecular formula is C11H15BF2O. The largest absolute Gasteiger partial charge is 0.485 e. The molecule has 0 unspecified atom stereocenters. The summed E-state index contributed by atoms with van der Waals surface area (Å²) in [6.45, 7) is 7.27. The Balaban J connectivity index is 3.11. The summed E-state index contributed by atoms with van der Waals surface area (Å²) in [5, 5.41) is 0. The zero-order valence-corrected chi connectivity index (χ0v) is 9.53. The molecule has 0 fully saturated rings. The lowest BCUT2D eigenvalue weighted by Crippen LogP contribution is -2.25. The van der Waals surface area contributed by atoms with Crippen molar-refractivity contribution in [3.8, 4) is 5.75 Å². The van der Waals surface area contributed by atoms with Crippen molar-refractivity contribution in [3.05, 3.63) is 23.8 Å². The van der Waals surface area contributed by atoms with Gasteiger partial charge in [0.15, 0.2) is 18.8 Å². The van der Waals surface area contributed by atoms with Gasteiger partial charge in [0.1, 0.15) is 5.60 Å². The van der Waals surface area contributed by atoms with E-state index in [0.717, 1.165) is 5.46 Å². The Morgan fingerprint density at radius 1 is 1.20 bits per heavy atom. The molecule has 0 saturated heterocycles. The van der Waals surface area contributed by atoms with Crippen LogP contribution in [0.5, 0.6) is 5.75 Å². The van der Waals surface area contributed by atoms with E-state index in [9.17, 15) is 8.78 Å². The first kappa shape index (κ1) is 12.0. The van der Waals surface area contributed by atoms with Crippen LogP contribution in [0.1, 0.15) is 20.8 Å². The number of halogens is 2. The molecule has 0 N–H and O–H groups in total. The van der Waals surface area contributed by atoms with Crippen LogP contribution in [0.2, 0.25) is 6.82 Å². The highest BCUT2D eigenvalue weighted by Gasteiger charge is 2.18. The van der Waals surface area contributed by atoms with E-state index in [0.29, 0.717) is 7.28 Å². The summed E-state index contributed by atoms with van der Waals surface area (Å²) in [5.41, 5.74) is 0.202. The van der Waals surface area contributed by atoms with Crippen LogP contribution >= 0.6 is 0 Å². The monoisotopic (exact) mass is 212 g/mol. The third-order valence-corrected chi connectivity index (χ3v) is 1.88. The molecule has 0 aliphatic rings. The van der Waals surface area contributed by atoms with Crippen molar-refractivity contribution in [1.82, 2.24) is 0 Å². The zero-order chi connectivity index (χ0) is 11.6. The maximum atomic E-state index is 13.3. The highest BCUT2D eigenvalue weighted by molar-refractivity contribution is 6.51. The van der Waals surface area contributed by atoms with Gasteiger partial charge in [0.25, 0.3) is 0 Å².